The molecule has 1 heterocycles. The predicted octanol–water partition coefficient (Wildman–Crippen LogP) is 1.53. The number of hydrogen-bond donors (Lipinski definition) is 0. The molecule has 1 atom stereocenters. The van der Waals surface area contributed by atoms with Gasteiger partial charge in [0.15, 0.2) is 0 Å². The van der Waals surface area contributed by atoms with Gasteiger partial charge in [0.25, 0.3) is 0 Å². The Labute approximate surface area is 80.4 Å². The third-order valence-electron chi connectivity index (χ3n) is 2.53. The van der Waals surface area contributed by atoms with Crippen molar-refractivity contribution in [1.82, 2.24) is 14.5 Å². The Kier molecular flexibility index (Phi) is 3.48. The molecule has 1 aromatic rings. The third-order valence-corrected chi connectivity index (χ3v) is 2.53. The molecule has 0 bridgehead atoms. The van der Waals surface area contributed by atoms with Crippen LogP contribution in [0.25, 0.3) is 0 Å². The molecule has 1 rings (SSSR count). The minimum atomic E-state index is 0.605. The zero-order valence-corrected chi connectivity index (χ0v) is 8.99. The van der Waals surface area contributed by atoms with Gasteiger partial charge in [0.2, 0.25) is 0 Å². The number of rotatable bonds is 4. The molecule has 0 fully saturated rings. The second-order valence-corrected chi connectivity index (χ2v) is 3.71. The molecule has 3 nitrogen and oxygen atoms in total. The van der Waals surface area contributed by atoms with Gasteiger partial charge in [0.05, 0.1) is 6.33 Å². The molecule has 0 aliphatic heterocycles. The van der Waals surface area contributed by atoms with E-state index in [1.807, 2.05) is 12.5 Å². The first-order valence-corrected chi connectivity index (χ1v) is 4.78. The molecule has 3 heteroatoms. The first-order chi connectivity index (χ1) is 6.15. The summed E-state index contributed by atoms with van der Waals surface area (Å²) in [5, 5.41) is 0. The molecule has 0 saturated carbocycles. The van der Waals surface area contributed by atoms with E-state index >= 15 is 0 Å². The van der Waals surface area contributed by atoms with Crippen molar-refractivity contribution < 1.29 is 0 Å². The molecular formula is C10H19N3. The summed E-state index contributed by atoms with van der Waals surface area (Å²) < 4.78 is 2.20. The van der Waals surface area contributed by atoms with Gasteiger partial charge in [0, 0.05) is 24.5 Å². The van der Waals surface area contributed by atoms with E-state index in [2.05, 4.69) is 42.4 Å². The third kappa shape index (κ3) is 2.56. The Bertz CT molecular complexity index is 252. The standard InChI is InChI=1S/C10H19N3/c1-5-10(12(3)4)7-13-8-11-6-9(13)2/h6,8,10H,5,7H2,1-4H3. The number of hydrogen-bond acceptors (Lipinski definition) is 2. The van der Waals surface area contributed by atoms with Crippen LogP contribution in [0, 0.1) is 6.92 Å². The van der Waals surface area contributed by atoms with Crippen LogP contribution in [0.3, 0.4) is 0 Å². The van der Waals surface area contributed by atoms with E-state index in [0.717, 1.165) is 6.54 Å². The van der Waals surface area contributed by atoms with Crippen LogP contribution in [-0.4, -0.2) is 34.6 Å². The van der Waals surface area contributed by atoms with Crippen LogP contribution in [-0.2, 0) is 6.54 Å². The zero-order chi connectivity index (χ0) is 9.84. The van der Waals surface area contributed by atoms with E-state index in [0.29, 0.717) is 6.04 Å². The lowest BCUT2D eigenvalue weighted by Gasteiger charge is -2.23. The van der Waals surface area contributed by atoms with E-state index < -0.39 is 0 Å². The van der Waals surface area contributed by atoms with Crippen LogP contribution < -0.4 is 0 Å². The highest BCUT2D eigenvalue weighted by molar-refractivity contribution is 4.94. The lowest BCUT2D eigenvalue weighted by atomic mass is 10.2. The number of aryl methyl sites for hydroxylation is 1. The monoisotopic (exact) mass is 181 g/mol. The quantitative estimate of drug-likeness (QED) is 0.702. The molecule has 0 N–H and O–H groups in total. The van der Waals surface area contributed by atoms with Gasteiger partial charge in [-0.25, -0.2) is 4.98 Å². The fraction of sp³-hybridized carbons (Fsp3) is 0.700. The number of likely N-dealkylation sites (N-methyl/N-ethyl adjacent to an activating group) is 1. The molecule has 0 aromatic carbocycles. The molecule has 1 aromatic heterocycles. The highest BCUT2D eigenvalue weighted by Crippen LogP contribution is 2.05. The van der Waals surface area contributed by atoms with Crippen molar-refractivity contribution in [2.45, 2.75) is 32.9 Å². The van der Waals surface area contributed by atoms with Crippen LogP contribution in [0.15, 0.2) is 12.5 Å². The first-order valence-electron chi connectivity index (χ1n) is 4.78. The SMILES string of the molecule is CCC(Cn1cncc1C)N(C)C. The molecule has 74 valence electrons. The van der Waals surface area contributed by atoms with Crippen LogP contribution in [0.4, 0.5) is 0 Å². The summed E-state index contributed by atoms with van der Waals surface area (Å²) in [5.74, 6) is 0. The Morgan fingerprint density at radius 3 is 2.62 bits per heavy atom. The Hall–Kier alpha value is -0.830. The minimum absolute atomic E-state index is 0.605. The summed E-state index contributed by atoms with van der Waals surface area (Å²) in [6, 6.07) is 0.605. The minimum Gasteiger partial charge on any atom is -0.333 e. The van der Waals surface area contributed by atoms with Gasteiger partial charge < -0.3 is 9.47 Å². The molecule has 0 saturated heterocycles. The van der Waals surface area contributed by atoms with E-state index in [-0.39, 0.29) is 0 Å². The van der Waals surface area contributed by atoms with E-state index in [4.69, 9.17) is 0 Å². The molecule has 0 radical (unpaired) electrons. The maximum atomic E-state index is 4.11. The zero-order valence-electron chi connectivity index (χ0n) is 8.99. The average Bonchev–Trinajstić information content (AvgIpc) is 2.46. The second kappa shape index (κ2) is 4.42. The fourth-order valence-corrected chi connectivity index (χ4v) is 1.46. The van der Waals surface area contributed by atoms with Crippen LogP contribution in [0.5, 0.6) is 0 Å². The maximum absolute atomic E-state index is 4.11. The van der Waals surface area contributed by atoms with Crippen molar-refractivity contribution in [1.29, 1.82) is 0 Å². The van der Waals surface area contributed by atoms with Gasteiger partial charge in [-0.15, -0.1) is 0 Å². The molecule has 0 aliphatic carbocycles. The molecular weight excluding hydrogens is 162 g/mol. The van der Waals surface area contributed by atoms with Gasteiger partial charge in [-0.2, -0.15) is 0 Å². The summed E-state index contributed by atoms with van der Waals surface area (Å²) in [7, 11) is 4.25. The Morgan fingerprint density at radius 2 is 2.23 bits per heavy atom. The van der Waals surface area contributed by atoms with E-state index in [1.54, 1.807) is 0 Å². The second-order valence-electron chi connectivity index (χ2n) is 3.71. The van der Waals surface area contributed by atoms with Crippen LogP contribution in [0.1, 0.15) is 19.0 Å². The van der Waals surface area contributed by atoms with Gasteiger partial charge >= 0.3 is 0 Å². The van der Waals surface area contributed by atoms with Crippen molar-refractivity contribution in [2.24, 2.45) is 0 Å². The molecule has 0 amide bonds. The summed E-state index contributed by atoms with van der Waals surface area (Å²) in [6.07, 6.45) is 4.98. The summed E-state index contributed by atoms with van der Waals surface area (Å²) in [6.45, 7) is 5.35. The maximum Gasteiger partial charge on any atom is 0.0948 e. The summed E-state index contributed by atoms with van der Waals surface area (Å²) in [5.41, 5.74) is 1.24. The van der Waals surface area contributed by atoms with Crippen molar-refractivity contribution in [3.8, 4) is 0 Å². The number of imidazole rings is 1. The molecule has 13 heavy (non-hydrogen) atoms. The lowest BCUT2D eigenvalue weighted by Crippen LogP contribution is -2.31. The lowest BCUT2D eigenvalue weighted by molar-refractivity contribution is 0.256. The smallest absolute Gasteiger partial charge is 0.0948 e. The van der Waals surface area contributed by atoms with E-state index in [9.17, 15) is 0 Å². The Balaban J connectivity index is 2.62. The topological polar surface area (TPSA) is 21.1 Å². The van der Waals surface area contributed by atoms with Crippen LogP contribution >= 0.6 is 0 Å². The van der Waals surface area contributed by atoms with Gasteiger partial charge in [-0.3, -0.25) is 0 Å². The highest BCUT2D eigenvalue weighted by atomic mass is 15.1. The van der Waals surface area contributed by atoms with Crippen LogP contribution in [0.2, 0.25) is 0 Å². The molecule has 0 aliphatic rings. The molecule has 0 spiro atoms. The summed E-state index contributed by atoms with van der Waals surface area (Å²) >= 11 is 0. The van der Waals surface area contributed by atoms with Gasteiger partial charge in [0.1, 0.15) is 0 Å². The van der Waals surface area contributed by atoms with Gasteiger partial charge in [-0.05, 0) is 27.4 Å². The average molecular weight is 181 g/mol. The van der Waals surface area contributed by atoms with Crippen molar-refractivity contribution in [2.75, 3.05) is 14.1 Å². The predicted molar refractivity (Wildman–Crippen MR) is 54.7 cm³/mol. The number of nitrogens with zero attached hydrogens (tertiary/aromatic N) is 3. The normalized spacial score (nSPS) is 13.6. The van der Waals surface area contributed by atoms with Crippen molar-refractivity contribution in [3.05, 3.63) is 18.2 Å². The Morgan fingerprint density at radius 1 is 1.54 bits per heavy atom. The number of aromatic nitrogens is 2. The largest absolute Gasteiger partial charge is 0.333 e. The summed E-state index contributed by atoms with van der Waals surface area (Å²) in [4.78, 5) is 6.38. The fourth-order valence-electron chi connectivity index (χ4n) is 1.46. The van der Waals surface area contributed by atoms with Gasteiger partial charge in [-0.1, -0.05) is 6.92 Å². The van der Waals surface area contributed by atoms with Crippen molar-refractivity contribution >= 4 is 0 Å². The first kappa shape index (κ1) is 10.3. The van der Waals surface area contributed by atoms with E-state index in [1.165, 1.54) is 12.1 Å². The van der Waals surface area contributed by atoms with Crippen molar-refractivity contribution in [3.63, 3.8) is 0 Å². The molecule has 1 unspecified atom stereocenters. The highest BCUT2D eigenvalue weighted by Gasteiger charge is 2.09.